The average Bonchev–Trinajstić information content (AvgIpc) is 2.76. The van der Waals surface area contributed by atoms with Gasteiger partial charge in [-0.3, -0.25) is 0 Å². The summed E-state index contributed by atoms with van der Waals surface area (Å²) in [6.07, 6.45) is 8.11. The summed E-state index contributed by atoms with van der Waals surface area (Å²) in [5.41, 5.74) is 0. The Labute approximate surface area is 89.8 Å². The fraction of sp³-hybridized carbons (Fsp3) is 0.500. The van der Waals surface area contributed by atoms with E-state index in [0.29, 0.717) is 12.1 Å². The standard InChI is InChI=1S/C12H17NS/c1-10(9-12-7-4-8-14-12)13-11-5-2-3-6-11/h2-4,7-8,10-11,13H,5-6,9H2,1H3. The normalized spacial score (nSPS) is 18.9. The first-order valence-electron chi connectivity index (χ1n) is 5.28. The highest BCUT2D eigenvalue weighted by Gasteiger charge is 2.13. The van der Waals surface area contributed by atoms with Crippen LogP contribution < -0.4 is 5.32 Å². The number of hydrogen-bond donors (Lipinski definition) is 1. The van der Waals surface area contributed by atoms with Gasteiger partial charge in [0.1, 0.15) is 0 Å². The fourth-order valence-corrected chi connectivity index (χ4v) is 2.78. The number of hydrogen-bond acceptors (Lipinski definition) is 2. The molecule has 0 aliphatic heterocycles. The molecular formula is C12H17NS. The highest BCUT2D eigenvalue weighted by atomic mass is 32.1. The summed E-state index contributed by atoms with van der Waals surface area (Å²) in [6, 6.07) is 5.63. The number of rotatable bonds is 4. The van der Waals surface area contributed by atoms with Gasteiger partial charge < -0.3 is 5.32 Å². The molecule has 2 heteroatoms. The molecule has 0 spiro atoms. The van der Waals surface area contributed by atoms with Crippen LogP contribution in [-0.2, 0) is 6.42 Å². The van der Waals surface area contributed by atoms with Crippen LogP contribution in [0.1, 0.15) is 24.6 Å². The lowest BCUT2D eigenvalue weighted by Gasteiger charge is -2.18. The van der Waals surface area contributed by atoms with Crippen molar-refractivity contribution in [3.63, 3.8) is 0 Å². The molecule has 1 aliphatic carbocycles. The second-order valence-electron chi connectivity index (χ2n) is 3.99. The molecule has 1 unspecified atom stereocenters. The zero-order valence-corrected chi connectivity index (χ0v) is 9.39. The minimum absolute atomic E-state index is 0.596. The van der Waals surface area contributed by atoms with Gasteiger partial charge in [0.25, 0.3) is 0 Å². The van der Waals surface area contributed by atoms with Gasteiger partial charge in [0.15, 0.2) is 0 Å². The molecule has 1 N–H and O–H groups in total. The second-order valence-corrected chi connectivity index (χ2v) is 5.02. The fourth-order valence-electron chi connectivity index (χ4n) is 1.95. The van der Waals surface area contributed by atoms with Crippen LogP contribution in [-0.4, -0.2) is 12.1 Å². The van der Waals surface area contributed by atoms with Gasteiger partial charge in [0.2, 0.25) is 0 Å². The Morgan fingerprint density at radius 1 is 1.50 bits per heavy atom. The van der Waals surface area contributed by atoms with Gasteiger partial charge in [-0.2, -0.15) is 0 Å². The zero-order chi connectivity index (χ0) is 9.80. The summed E-state index contributed by atoms with van der Waals surface area (Å²) in [6.45, 7) is 2.28. The van der Waals surface area contributed by atoms with Gasteiger partial charge in [0.05, 0.1) is 0 Å². The maximum atomic E-state index is 3.66. The Balaban J connectivity index is 1.76. The maximum Gasteiger partial charge on any atom is 0.0139 e. The molecule has 0 radical (unpaired) electrons. The minimum Gasteiger partial charge on any atom is -0.311 e. The van der Waals surface area contributed by atoms with Gasteiger partial charge in [-0.15, -0.1) is 11.3 Å². The van der Waals surface area contributed by atoms with Crippen LogP contribution in [0.4, 0.5) is 0 Å². The number of thiophene rings is 1. The summed E-state index contributed by atoms with van der Waals surface area (Å²) in [4.78, 5) is 1.48. The van der Waals surface area contributed by atoms with E-state index < -0.39 is 0 Å². The summed E-state index contributed by atoms with van der Waals surface area (Å²) < 4.78 is 0. The van der Waals surface area contributed by atoms with Gasteiger partial charge in [-0.25, -0.2) is 0 Å². The van der Waals surface area contributed by atoms with E-state index in [9.17, 15) is 0 Å². The van der Waals surface area contributed by atoms with Crippen molar-refractivity contribution >= 4 is 11.3 Å². The topological polar surface area (TPSA) is 12.0 Å². The number of nitrogens with one attached hydrogen (secondary N) is 1. The molecule has 1 aromatic heterocycles. The molecular weight excluding hydrogens is 190 g/mol. The van der Waals surface area contributed by atoms with Gasteiger partial charge in [0, 0.05) is 17.0 Å². The molecule has 1 aliphatic rings. The van der Waals surface area contributed by atoms with Gasteiger partial charge in [-0.1, -0.05) is 18.2 Å². The lowest BCUT2D eigenvalue weighted by molar-refractivity contribution is 0.459. The third kappa shape index (κ3) is 2.69. The Kier molecular flexibility index (Phi) is 3.38. The van der Waals surface area contributed by atoms with Crippen molar-refractivity contribution in [2.75, 3.05) is 0 Å². The van der Waals surface area contributed by atoms with Crippen LogP contribution in [0, 0.1) is 0 Å². The third-order valence-electron chi connectivity index (χ3n) is 2.62. The molecule has 0 amide bonds. The van der Waals surface area contributed by atoms with Crippen molar-refractivity contribution < 1.29 is 0 Å². The first-order valence-corrected chi connectivity index (χ1v) is 6.16. The van der Waals surface area contributed by atoms with Crippen LogP contribution in [0.15, 0.2) is 29.7 Å². The van der Waals surface area contributed by atoms with E-state index in [4.69, 9.17) is 0 Å². The molecule has 0 aromatic carbocycles. The zero-order valence-electron chi connectivity index (χ0n) is 8.57. The smallest absolute Gasteiger partial charge is 0.0139 e. The summed E-state index contributed by atoms with van der Waals surface area (Å²) in [5.74, 6) is 0. The molecule has 0 fully saturated rings. The van der Waals surface area contributed by atoms with E-state index in [1.54, 1.807) is 0 Å². The molecule has 0 bridgehead atoms. The van der Waals surface area contributed by atoms with E-state index in [2.05, 4.69) is 41.9 Å². The highest BCUT2D eigenvalue weighted by Crippen LogP contribution is 2.14. The SMILES string of the molecule is CC(Cc1cccs1)NC1CC=CC1. The first-order chi connectivity index (χ1) is 6.84. The van der Waals surface area contributed by atoms with Crippen molar-refractivity contribution in [3.05, 3.63) is 34.5 Å². The Bertz CT molecular complexity index is 281. The van der Waals surface area contributed by atoms with Crippen molar-refractivity contribution in [1.29, 1.82) is 0 Å². The molecule has 0 saturated carbocycles. The van der Waals surface area contributed by atoms with Crippen molar-refractivity contribution in [3.8, 4) is 0 Å². The van der Waals surface area contributed by atoms with Crippen LogP contribution in [0.3, 0.4) is 0 Å². The van der Waals surface area contributed by atoms with E-state index in [0.717, 1.165) is 6.42 Å². The van der Waals surface area contributed by atoms with Crippen LogP contribution in [0.25, 0.3) is 0 Å². The quantitative estimate of drug-likeness (QED) is 0.748. The van der Waals surface area contributed by atoms with Crippen LogP contribution in [0.5, 0.6) is 0 Å². The molecule has 2 rings (SSSR count). The third-order valence-corrected chi connectivity index (χ3v) is 3.51. The molecule has 0 saturated heterocycles. The Hall–Kier alpha value is -0.600. The van der Waals surface area contributed by atoms with E-state index in [1.807, 2.05) is 11.3 Å². The van der Waals surface area contributed by atoms with Crippen LogP contribution >= 0.6 is 11.3 Å². The molecule has 1 atom stereocenters. The average molecular weight is 207 g/mol. The molecule has 76 valence electrons. The Morgan fingerprint density at radius 2 is 2.29 bits per heavy atom. The van der Waals surface area contributed by atoms with Crippen molar-refractivity contribution in [2.45, 2.75) is 38.3 Å². The molecule has 1 nitrogen and oxygen atoms in total. The molecule has 14 heavy (non-hydrogen) atoms. The predicted octanol–water partition coefficient (Wildman–Crippen LogP) is 2.99. The predicted molar refractivity (Wildman–Crippen MR) is 62.8 cm³/mol. The maximum absolute atomic E-state index is 3.66. The monoisotopic (exact) mass is 207 g/mol. The van der Waals surface area contributed by atoms with Crippen molar-refractivity contribution in [2.24, 2.45) is 0 Å². The van der Waals surface area contributed by atoms with Gasteiger partial charge >= 0.3 is 0 Å². The highest BCUT2D eigenvalue weighted by molar-refractivity contribution is 7.09. The minimum atomic E-state index is 0.596. The summed E-state index contributed by atoms with van der Waals surface area (Å²) in [7, 11) is 0. The molecule has 1 heterocycles. The lowest BCUT2D eigenvalue weighted by atomic mass is 10.1. The first kappa shape index (κ1) is 9.94. The van der Waals surface area contributed by atoms with Crippen molar-refractivity contribution in [1.82, 2.24) is 5.32 Å². The van der Waals surface area contributed by atoms with E-state index in [1.165, 1.54) is 17.7 Å². The summed E-state index contributed by atoms with van der Waals surface area (Å²) >= 11 is 1.85. The van der Waals surface area contributed by atoms with E-state index >= 15 is 0 Å². The Morgan fingerprint density at radius 3 is 2.93 bits per heavy atom. The molecule has 1 aromatic rings. The van der Waals surface area contributed by atoms with Crippen LogP contribution in [0.2, 0.25) is 0 Å². The van der Waals surface area contributed by atoms with Gasteiger partial charge in [-0.05, 0) is 37.6 Å². The second kappa shape index (κ2) is 4.76. The lowest BCUT2D eigenvalue weighted by Crippen LogP contribution is -2.35. The summed E-state index contributed by atoms with van der Waals surface area (Å²) in [5, 5.41) is 5.81. The largest absolute Gasteiger partial charge is 0.311 e. The van der Waals surface area contributed by atoms with E-state index in [-0.39, 0.29) is 0 Å².